The summed E-state index contributed by atoms with van der Waals surface area (Å²) in [4.78, 5) is 2.56. The number of rotatable bonds is 9. The van der Waals surface area contributed by atoms with E-state index in [0.29, 0.717) is 32.5 Å². The number of halogens is 1. The molecule has 5 rings (SSSR count). The van der Waals surface area contributed by atoms with Gasteiger partial charge in [0.25, 0.3) is 0 Å². The Morgan fingerprint density at radius 1 is 0.434 bits per heavy atom. The van der Waals surface area contributed by atoms with Crippen molar-refractivity contribution in [2.75, 3.05) is 52.4 Å². The third kappa shape index (κ3) is 10.6. The summed E-state index contributed by atoms with van der Waals surface area (Å²) in [6.45, 7) is 7.16. The van der Waals surface area contributed by atoms with Crippen LogP contribution in [-0.2, 0) is 41.9 Å². The lowest BCUT2D eigenvalue weighted by atomic mass is 10.1. The Balaban J connectivity index is 1.52. The Bertz CT molecular complexity index is 2040. The Hall–Kier alpha value is -2.95. The summed E-state index contributed by atoms with van der Waals surface area (Å²) in [6.07, 6.45) is 0.974. The SMILES string of the molecule is Cc1ccc(S(=O)(=O)N2CCCN(Cc3ccc(CBr)cc3)CCCN(S(=O)(=O)c3ccc(C)cc3)CCN(S(=O)(=O)c3ccc(C)cc3)CC2)cc1. The van der Waals surface area contributed by atoms with E-state index in [0.717, 1.165) is 33.1 Å². The maximum atomic E-state index is 14.2. The van der Waals surface area contributed by atoms with Crippen molar-refractivity contribution in [1.29, 1.82) is 0 Å². The molecule has 0 bridgehead atoms. The molecule has 0 saturated carbocycles. The Kier molecular flexibility index (Phi) is 14.1. The number of sulfonamides is 3. The van der Waals surface area contributed by atoms with Crippen molar-refractivity contribution in [3.63, 3.8) is 0 Å². The largest absolute Gasteiger partial charge is 0.299 e. The second-order valence-corrected chi connectivity index (χ2v) is 20.0. The summed E-state index contributed by atoms with van der Waals surface area (Å²) < 4.78 is 89.0. The minimum absolute atomic E-state index is 0.0601. The molecule has 14 heteroatoms. The van der Waals surface area contributed by atoms with Crippen molar-refractivity contribution in [2.45, 2.75) is 60.2 Å². The molecule has 1 heterocycles. The molecule has 1 fully saturated rings. The van der Waals surface area contributed by atoms with Gasteiger partial charge in [0.2, 0.25) is 30.1 Å². The molecule has 0 aromatic heterocycles. The van der Waals surface area contributed by atoms with Gasteiger partial charge in [-0.2, -0.15) is 12.9 Å². The molecule has 0 unspecified atom stereocenters. The highest BCUT2D eigenvalue weighted by molar-refractivity contribution is 9.08. The van der Waals surface area contributed by atoms with Gasteiger partial charge in [-0.3, -0.25) is 4.90 Å². The van der Waals surface area contributed by atoms with E-state index in [1.807, 2.05) is 20.8 Å². The first-order valence-corrected chi connectivity index (χ1v) is 23.2. The van der Waals surface area contributed by atoms with Crippen LogP contribution in [0.4, 0.5) is 0 Å². The molecule has 4 aromatic rings. The lowest BCUT2D eigenvalue weighted by Gasteiger charge is -2.31. The quantitative estimate of drug-likeness (QED) is 0.185. The fourth-order valence-electron chi connectivity index (χ4n) is 6.28. The molecule has 1 saturated heterocycles. The van der Waals surface area contributed by atoms with Crippen molar-refractivity contribution in [3.8, 4) is 0 Å². The van der Waals surface area contributed by atoms with Crippen molar-refractivity contribution < 1.29 is 25.3 Å². The Morgan fingerprint density at radius 2 is 0.736 bits per heavy atom. The van der Waals surface area contributed by atoms with Crippen molar-refractivity contribution in [2.24, 2.45) is 0 Å². The number of alkyl halides is 1. The van der Waals surface area contributed by atoms with Gasteiger partial charge in [-0.15, -0.1) is 0 Å². The van der Waals surface area contributed by atoms with Crippen LogP contribution in [0.25, 0.3) is 0 Å². The normalized spacial score (nSPS) is 17.4. The second-order valence-electron chi connectivity index (χ2n) is 13.6. The smallest absolute Gasteiger partial charge is 0.243 e. The zero-order valence-corrected chi connectivity index (χ0v) is 34.6. The van der Waals surface area contributed by atoms with E-state index in [-0.39, 0.29) is 54.0 Å². The molecule has 0 spiro atoms. The van der Waals surface area contributed by atoms with Gasteiger partial charge in [-0.05, 0) is 94.2 Å². The van der Waals surface area contributed by atoms with E-state index in [1.54, 1.807) is 60.7 Å². The van der Waals surface area contributed by atoms with Gasteiger partial charge in [-0.25, -0.2) is 25.3 Å². The predicted molar refractivity (Wildman–Crippen MR) is 213 cm³/mol. The lowest BCUT2D eigenvalue weighted by Crippen LogP contribution is -2.46. The molecule has 4 aromatic carbocycles. The molecule has 0 radical (unpaired) electrons. The molecule has 10 nitrogen and oxygen atoms in total. The summed E-state index contributed by atoms with van der Waals surface area (Å²) in [6, 6.07) is 28.1. The van der Waals surface area contributed by atoms with Gasteiger partial charge in [0, 0.05) is 51.1 Å². The molecule has 1 aliphatic heterocycles. The summed E-state index contributed by atoms with van der Waals surface area (Å²) in [5, 5.41) is 0.747. The maximum Gasteiger partial charge on any atom is 0.243 e. The van der Waals surface area contributed by atoms with E-state index < -0.39 is 30.1 Å². The standard InChI is InChI=1S/C39H49BrN4O6S3/c1-32-6-16-37(17-7-32)51(45,46)42-24-4-22-41(31-36-14-12-35(30-40)13-15-36)23-5-25-43(52(47,48)38-18-8-33(2)9-19-38)27-29-44(28-26-42)53(49,50)39-20-10-34(3)11-21-39/h6-21H,4-5,22-31H2,1-3H3. The van der Waals surface area contributed by atoms with Crippen LogP contribution in [0.5, 0.6) is 0 Å². The van der Waals surface area contributed by atoms with Crippen LogP contribution in [-0.4, -0.2) is 95.4 Å². The van der Waals surface area contributed by atoms with Crippen LogP contribution in [0.1, 0.15) is 40.7 Å². The minimum Gasteiger partial charge on any atom is -0.299 e. The average Bonchev–Trinajstić information content (AvgIpc) is 3.13. The summed E-state index contributed by atoms with van der Waals surface area (Å²) >= 11 is 3.50. The first kappa shape index (κ1) is 41.2. The first-order valence-electron chi connectivity index (χ1n) is 17.8. The van der Waals surface area contributed by atoms with Gasteiger partial charge < -0.3 is 0 Å². The molecule has 286 valence electrons. The third-order valence-corrected chi connectivity index (χ3v) is 15.9. The molecule has 0 aliphatic carbocycles. The first-order chi connectivity index (χ1) is 25.2. The van der Waals surface area contributed by atoms with Crippen LogP contribution in [0.2, 0.25) is 0 Å². The molecule has 0 N–H and O–H groups in total. The van der Waals surface area contributed by atoms with Crippen LogP contribution >= 0.6 is 15.9 Å². The topological polar surface area (TPSA) is 115 Å². The van der Waals surface area contributed by atoms with Crippen LogP contribution in [0.15, 0.2) is 112 Å². The highest BCUT2D eigenvalue weighted by atomic mass is 79.9. The fourth-order valence-corrected chi connectivity index (χ4v) is 11.0. The number of hydrogen-bond donors (Lipinski definition) is 0. The van der Waals surface area contributed by atoms with Gasteiger partial charge in [0.15, 0.2) is 0 Å². The molecule has 53 heavy (non-hydrogen) atoms. The van der Waals surface area contributed by atoms with Crippen LogP contribution in [0.3, 0.4) is 0 Å². The number of aryl methyl sites for hydroxylation is 3. The highest BCUT2D eigenvalue weighted by Gasteiger charge is 2.32. The van der Waals surface area contributed by atoms with Gasteiger partial charge in [0.05, 0.1) is 14.7 Å². The average molecular weight is 846 g/mol. The second kappa shape index (κ2) is 18.1. The molecular formula is C39H49BrN4O6S3. The van der Waals surface area contributed by atoms with E-state index in [4.69, 9.17) is 0 Å². The number of hydrogen-bond acceptors (Lipinski definition) is 7. The predicted octanol–water partition coefficient (Wildman–Crippen LogP) is 6.18. The zero-order valence-electron chi connectivity index (χ0n) is 30.6. The minimum atomic E-state index is -4.13. The van der Waals surface area contributed by atoms with Crippen molar-refractivity contribution in [1.82, 2.24) is 17.8 Å². The lowest BCUT2D eigenvalue weighted by molar-refractivity contribution is 0.230. The third-order valence-electron chi connectivity index (χ3n) is 9.52. The van der Waals surface area contributed by atoms with E-state index in [1.165, 1.54) is 25.0 Å². The van der Waals surface area contributed by atoms with Gasteiger partial charge >= 0.3 is 0 Å². The summed E-state index contributed by atoms with van der Waals surface area (Å²) in [5.41, 5.74) is 4.99. The van der Waals surface area contributed by atoms with E-state index in [9.17, 15) is 25.3 Å². The zero-order chi connectivity index (χ0) is 38.2. The molecular weight excluding hydrogens is 797 g/mol. The number of nitrogens with zero attached hydrogens (tertiary/aromatic N) is 4. The summed E-state index contributed by atoms with van der Waals surface area (Å²) in [5.74, 6) is 0. The van der Waals surface area contributed by atoms with Crippen molar-refractivity contribution >= 4 is 46.0 Å². The number of benzene rings is 4. The Morgan fingerprint density at radius 3 is 1.06 bits per heavy atom. The van der Waals surface area contributed by atoms with Crippen molar-refractivity contribution in [3.05, 3.63) is 125 Å². The monoisotopic (exact) mass is 844 g/mol. The fraction of sp³-hybridized carbons (Fsp3) is 0.385. The van der Waals surface area contributed by atoms with E-state index in [2.05, 4.69) is 45.1 Å². The van der Waals surface area contributed by atoms with Gasteiger partial charge in [0.1, 0.15) is 0 Å². The molecule has 1 aliphatic rings. The van der Waals surface area contributed by atoms with Crippen LogP contribution < -0.4 is 0 Å². The summed E-state index contributed by atoms with van der Waals surface area (Å²) in [7, 11) is -12.1. The van der Waals surface area contributed by atoms with E-state index >= 15 is 0 Å². The maximum absolute atomic E-state index is 14.2. The molecule has 0 atom stereocenters. The van der Waals surface area contributed by atoms with Crippen LogP contribution in [0, 0.1) is 20.8 Å². The molecule has 0 amide bonds. The highest BCUT2D eigenvalue weighted by Crippen LogP contribution is 2.23. The van der Waals surface area contributed by atoms with Gasteiger partial charge in [-0.1, -0.05) is 93.3 Å². The Labute approximate surface area is 324 Å².